The molecule has 2 aromatic rings. The SMILES string of the molecule is COC(=O)N1CCC(CC2C(C(=O)Nc3cccc(C(C)(C)C)c3)CCCN2C(=O)c2c(C)cccc2F)CC1. The Bertz CT molecular complexity index is 1210. The number of carbonyl (C=O) groups is 3. The molecule has 0 aliphatic carbocycles. The quantitative estimate of drug-likeness (QED) is 0.483. The van der Waals surface area contributed by atoms with E-state index >= 15 is 0 Å². The van der Waals surface area contributed by atoms with Crippen molar-refractivity contribution in [1.82, 2.24) is 9.80 Å². The first-order valence-electron chi connectivity index (χ1n) is 14.3. The second-order valence-electron chi connectivity index (χ2n) is 12.2. The fourth-order valence-electron chi connectivity index (χ4n) is 6.07. The van der Waals surface area contributed by atoms with E-state index in [2.05, 4.69) is 32.2 Å². The molecule has 2 saturated heterocycles. The third kappa shape index (κ3) is 6.65. The number of anilines is 1. The Morgan fingerprint density at radius 2 is 1.73 bits per heavy atom. The summed E-state index contributed by atoms with van der Waals surface area (Å²) in [4.78, 5) is 43.1. The molecule has 1 N–H and O–H groups in total. The maximum atomic E-state index is 14.9. The Balaban J connectivity index is 1.60. The topological polar surface area (TPSA) is 79.0 Å². The summed E-state index contributed by atoms with van der Waals surface area (Å²) in [6, 6.07) is 12.2. The number of benzene rings is 2. The van der Waals surface area contributed by atoms with Gasteiger partial charge >= 0.3 is 6.09 Å². The molecule has 8 heteroatoms. The summed E-state index contributed by atoms with van der Waals surface area (Å²) >= 11 is 0. The molecule has 2 atom stereocenters. The standard InChI is InChI=1S/C32H42FN3O4/c1-21-9-6-13-26(33)28(21)30(38)36-16-8-12-25(27(36)19-22-14-17-35(18-15-22)31(39)40-5)29(37)34-24-11-7-10-23(20-24)32(2,3)4/h6-7,9-11,13,20,22,25,27H,8,12,14-19H2,1-5H3,(H,34,37). The largest absolute Gasteiger partial charge is 0.453 e. The lowest BCUT2D eigenvalue weighted by atomic mass is 9.79. The summed E-state index contributed by atoms with van der Waals surface area (Å²) in [5.74, 6) is -1.23. The highest BCUT2D eigenvalue weighted by Gasteiger charge is 2.41. The van der Waals surface area contributed by atoms with Crippen molar-refractivity contribution >= 4 is 23.6 Å². The molecule has 0 radical (unpaired) electrons. The smallest absolute Gasteiger partial charge is 0.409 e. The van der Waals surface area contributed by atoms with Gasteiger partial charge in [-0.1, -0.05) is 45.0 Å². The van der Waals surface area contributed by atoms with Gasteiger partial charge in [-0.2, -0.15) is 0 Å². The van der Waals surface area contributed by atoms with Crippen LogP contribution in [0.25, 0.3) is 0 Å². The number of nitrogens with one attached hydrogen (secondary N) is 1. The predicted molar refractivity (Wildman–Crippen MR) is 154 cm³/mol. The zero-order valence-electron chi connectivity index (χ0n) is 24.3. The number of ether oxygens (including phenoxy) is 1. The second kappa shape index (κ2) is 12.4. The van der Waals surface area contributed by atoms with Gasteiger partial charge in [0.05, 0.1) is 18.6 Å². The molecule has 4 rings (SSSR count). The van der Waals surface area contributed by atoms with E-state index in [-0.39, 0.29) is 40.8 Å². The van der Waals surface area contributed by atoms with Crippen LogP contribution in [0, 0.1) is 24.6 Å². The third-order valence-electron chi connectivity index (χ3n) is 8.43. The van der Waals surface area contributed by atoms with Crippen LogP contribution in [0.5, 0.6) is 0 Å². The van der Waals surface area contributed by atoms with E-state index in [4.69, 9.17) is 4.74 Å². The molecule has 0 spiro atoms. The first-order valence-corrected chi connectivity index (χ1v) is 14.3. The zero-order valence-corrected chi connectivity index (χ0v) is 24.3. The summed E-state index contributed by atoms with van der Waals surface area (Å²) in [5, 5.41) is 3.12. The van der Waals surface area contributed by atoms with Crippen molar-refractivity contribution in [3.05, 3.63) is 65.0 Å². The van der Waals surface area contributed by atoms with E-state index in [9.17, 15) is 18.8 Å². The Labute approximate surface area is 237 Å². The molecular formula is C32H42FN3O4. The molecule has 7 nitrogen and oxygen atoms in total. The van der Waals surface area contributed by atoms with Crippen molar-refractivity contribution in [2.24, 2.45) is 11.8 Å². The molecular weight excluding hydrogens is 509 g/mol. The summed E-state index contributed by atoms with van der Waals surface area (Å²) in [6.07, 6.45) is 3.11. The number of likely N-dealkylation sites (tertiary alicyclic amines) is 2. The summed E-state index contributed by atoms with van der Waals surface area (Å²) in [6.45, 7) is 9.74. The molecule has 2 aromatic carbocycles. The van der Waals surface area contributed by atoms with Crippen LogP contribution < -0.4 is 5.32 Å². The van der Waals surface area contributed by atoms with Gasteiger partial charge in [0.1, 0.15) is 5.82 Å². The van der Waals surface area contributed by atoms with E-state index in [0.717, 1.165) is 24.1 Å². The van der Waals surface area contributed by atoms with Crippen molar-refractivity contribution < 1.29 is 23.5 Å². The van der Waals surface area contributed by atoms with Crippen molar-refractivity contribution in [3.8, 4) is 0 Å². The predicted octanol–water partition coefficient (Wildman–Crippen LogP) is 6.16. The van der Waals surface area contributed by atoms with Crippen LogP contribution in [0.4, 0.5) is 14.9 Å². The van der Waals surface area contributed by atoms with Crippen LogP contribution >= 0.6 is 0 Å². The van der Waals surface area contributed by atoms with Gasteiger partial charge in [-0.05, 0) is 79.7 Å². The number of hydrogen-bond acceptors (Lipinski definition) is 4. The number of hydrogen-bond donors (Lipinski definition) is 1. The van der Waals surface area contributed by atoms with Crippen LogP contribution in [0.15, 0.2) is 42.5 Å². The Morgan fingerprint density at radius 1 is 1.02 bits per heavy atom. The van der Waals surface area contributed by atoms with Gasteiger partial charge in [0, 0.05) is 31.4 Å². The van der Waals surface area contributed by atoms with Crippen molar-refractivity contribution in [2.45, 2.75) is 71.3 Å². The zero-order chi connectivity index (χ0) is 29.0. The van der Waals surface area contributed by atoms with Crippen LogP contribution in [-0.2, 0) is 14.9 Å². The van der Waals surface area contributed by atoms with Gasteiger partial charge in [-0.3, -0.25) is 9.59 Å². The summed E-state index contributed by atoms with van der Waals surface area (Å²) in [5.41, 5.74) is 2.45. The second-order valence-corrected chi connectivity index (χ2v) is 12.2. The normalized spacial score (nSPS) is 20.2. The van der Waals surface area contributed by atoms with E-state index in [1.807, 2.05) is 18.2 Å². The first-order chi connectivity index (χ1) is 19.0. The molecule has 3 amide bonds. The molecule has 40 heavy (non-hydrogen) atoms. The number of amides is 3. The number of halogens is 1. The monoisotopic (exact) mass is 551 g/mol. The lowest BCUT2D eigenvalue weighted by Crippen LogP contribution is -2.53. The highest BCUT2D eigenvalue weighted by Crippen LogP contribution is 2.35. The molecule has 0 saturated carbocycles. The molecule has 0 aromatic heterocycles. The number of nitrogens with zero attached hydrogens (tertiary/aromatic N) is 2. The summed E-state index contributed by atoms with van der Waals surface area (Å²) < 4.78 is 19.8. The number of rotatable bonds is 5. The maximum Gasteiger partial charge on any atom is 0.409 e. The van der Waals surface area contributed by atoms with Crippen molar-refractivity contribution in [1.29, 1.82) is 0 Å². The minimum Gasteiger partial charge on any atom is -0.453 e. The molecule has 2 aliphatic heterocycles. The Kier molecular flexibility index (Phi) is 9.16. The lowest BCUT2D eigenvalue weighted by Gasteiger charge is -2.43. The van der Waals surface area contributed by atoms with Gasteiger partial charge in [-0.15, -0.1) is 0 Å². The molecule has 2 heterocycles. The van der Waals surface area contributed by atoms with E-state index < -0.39 is 11.7 Å². The minimum atomic E-state index is -0.541. The van der Waals surface area contributed by atoms with Crippen LogP contribution in [0.3, 0.4) is 0 Å². The molecule has 2 aliphatic rings. The van der Waals surface area contributed by atoms with Crippen molar-refractivity contribution in [2.75, 3.05) is 32.1 Å². The number of methoxy groups -OCH3 is 1. The van der Waals surface area contributed by atoms with Gasteiger partial charge in [0.2, 0.25) is 5.91 Å². The fraction of sp³-hybridized carbons (Fsp3) is 0.531. The third-order valence-corrected chi connectivity index (χ3v) is 8.43. The van der Waals surface area contributed by atoms with Gasteiger partial charge in [0.25, 0.3) is 5.91 Å². The lowest BCUT2D eigenvalue weighted by molar-refractivity contribution is -0.123. The van der Waals surface area contributed by atoms with E-state index in [1.54, 1.807) is 28.9 Å². The van der Waals surface area contributed by atoms with Crippen molar-refractivity contribution in [3.63, 3.8) is 0 Å². The molecule has 0 bridgehead atoms. The number of piperidine rings is 2. The van der Waals surface area contributed by atoms with Gasteiger partial charge in [0.15, 0.2) is 0 Å². The molecule has 2 unspecified atom stereocenters. The van der Waals surface area contributed by atoms with Gasteiger partial charge in [-0.25, -0.2) is 9.18 Å². The summed E-state index contributed by atoms with van der Waals surface area (Å²) in [7, 11) is 1.38. The van der Waals surface area contributed by atoms with Crippen LogP contribution in [0.2, 0.25) is 0 Å². The average molecular weight is 552 g/mol. The Morgan fingerprint density at radius 3 is 2.38 bits per heavy atom. The van der Waals surface area contributed by atoms with E-state index in [0.29, 0.717) is 44.5 Å². The highest BCUT2D eigenvalue weighted by atomic mass is 19.1. The average Bonchev–Trinajstić information content (AvgIpc) is 2.92. The highest BCUT2D eigenvalue weighted by molar-refractivity contribution is 5.98. The molecule has 216 valence electrons. The molecule has 2 fully saturated rings. The minimum absolute atomic E-state index is 0.0615. The maximum absolute atomic E-state index is 14.9. The number of aryl methyl sites for hydroxylation is 1. The van der Waals surface area contributed by atoms with Crippen LogP contribution in [0.1, 0.15) is 74.4 Å². The van der Waals surface area contributed by atoms with Gasteiger partial charge < -0.3 is 19.9 Å². The number of carbonyl (C=O) groups excluding carboxylic acids is 3. The van der Waals surface area contributed by atoms with E-state index in [1.165, 1.54) is 13.2 Å². The fourth-order valence-corrected chi connectivity index (χ4v) is 6.07. The van der Waals surface area contributed by atoms with Crippen LogP contribution in [-0.4, -0.2) is 60.5 Å². The Hall–Kier alpha value is -3.42. The first kappa shape index (κ1) is 29.6.